The van der Waals surface area contributed by atoms with Crippen LogP contribution >= 0.6 is 0 Å². The van der Waals surface area contributed by atoms with Crippen molar-refractivity contribution in [2.24, 2.45) is 7.05 Å². The van der Waals surface area contributed by atoms with E-state index in [9.17, 15) is 9.59 Å². The molecule has 162 valence electrons. The van der Waals surface area contributed by atoms with Gasteiger partial charge in [-0.25, -0.2) is 0 Å². The van der Waals surface area contributed by atoms with Gasteiger partial charge in [0.15, 0.2) is 0 Å². The van der Waals surface area contributed by atoms with Gasteiger partial charge in [0.1, 0.15) is 11.7 Å². The molecule has 1 fully saturated rings. The zero-order chi connectivity index (χ0) is 22.1. The first kappa shape index (κ1) is 20.9. The molecule has 0 saturated carbocycles. The Labute approximate surface area is 180 Å². The largest absolute Gasteiger partial charge is 0.366 e. The highest BCUT2D eigenvalue weighted by atomic mass is 16.5. The van der Waals surface area contributed by atoms with Crippen molar-refractivity contribution in [3.63, 3.8) is 0 Å². The van der Waals surface area contributed by atoms with Crippen molar-refractivity contribution < 1.29 is 9.53 Å². The Hall–Kier alpha value is -3.33. The molecule has 3 heterocycles. The van der Waals surface area contributed by atoms with E-state index < -0.39 is 6.10 Å². The first-order valence-electron chi connectivity index (χ1n) is 10.3. The maximum absolute atomic E-state index is 13.4. The fourth-order valence-corrected chi connectivity index (χ4v) is 3.70. The van der Waals surface area contributed by atoms with E-state index in [1.807, 2.05) is 24.3 Å². The van der Waals surface area contributed by atoms with Crippen LogP contribution in [0.4, 0.5) is 0 Å². The van der Waals surface area contributed by atoms with E-state index in [4.69, 9.17) is 4.74 Å². The number of aryl methyl sites for hydroxylation is 2. The van der Waals surface area contributed by atoms with Crippen LogP contribution in [0.1, 0.15) is 53.2 Å². The predicted octanol–water partition coefficient (Wildman–Crippen LogP) is 2.01. The lowest BCUT2D eigenvalue weighted by molar-refractivity contribution is -0.0270. The van der Waals surface area contributed by atoms with Gasteiger partial charge in [-0.3, -0.25) is 14.2 Å². The van der Waals surface area contributed by atoms with Crippen molar-refractivity contribution in [1.82, 2.24) is 29.7 Å². The standard InChI is InChI=1S/C22H26N6O3/c1-14(2)16-6-5-7-17(12-16)28-9-8-15(3)19(22(28)30)21(29)27-10-11-31-18(13-27)20-23-25-26(4)24-20/h5-9,12,14,18H,10-11,13H2,1-4H3. The van der Waals surface area contributed by atoms with Crippen molar-refractivity contribution in [3.05, 3.63) is 69.4 Å². The maximum atomic E-state index is 13.4. The lowest BCUT2D eigenvalue weighted by Gasteiger charge is -2.31. The normalized spacial score (nSPS) is 16.7. The molecule has 1 amide bonds. The summed E-state index contributed by atoms with van der Waals surface area (Å²) in [6.07, 6.45) is 1.25. The van der Waals surface area contributed by atoms with Gasteiger partial charge in [-0.05, 0) is 47.4 Å². The smallest absolute Gasteiger partial charge is 0.268 e. The van der Waals surface area contributed by atoms with Gasteiger partial charge >= 0.3 is 0 Å². The highest BCUT2D eigenvalue weighted by Gasteiger charge is 2.31. The SMILES string of the molecule is Cc1ccn(-c2cccc(C(C)C)c2)c(=O)c1C(=O)N1CCOC(c2nnn(C)n2)C1. The summed E-state index contributed by atoms with van der Waals surface area (Å²) in [5, 5.41) is 12.0. The van der Waals surface area contributed by atoms with E-state index >= 15 is 0 Å². The quantitative estimate of drug-likeness (QED) is 0.638. The molecule has 4 rings (SSSR count). The van der Waals surface area contributed by atoms with E-state index in [0.717, 1.165) is 11.3 Å². The molecule has 1 aliphatic rings. The minimum absolute atomic E-state index is 0.171. The molecule has 0 radical (unpaired) electrons. The summed E-state index contributed by atoms with van der Waals surface area (Å²) < 4.78 is 7.26. The number of carbonyl (C=O) groups excluding carboxylic acids is 1. The Kier molecular flexibility index (Phi) is 5.69. The third-order valence-electron chi connectivity index (χ3n) is 5.49. The van der Waals surface area contributed by atoms with Gasteiger partial charge in [-0.15, -0.1) is 10.2 Å². The fourth-order valence-electron chi connectivity index (χ4n) is 3.70. The number of ether oxygens (including phenoxy) is 1. The predicted molar refractivity (Wildman–Crippen MR) is 114 cm³/mol. The maximum Gasteiger partial charge on any atom is 0.268 e. The second kappa shape index (κ2) is 8.43. The number of carbonyl (C=O) groups is 1. The number of morpholine rings is 1. The molecule has 2 aromatic heterocycles. The number of nitrogens with zero attached hydrogens (tertiary/aromatic N) is 6. The Bertz CT molecular complexity index is 1170. The lowest BCUT2D eigenvalue weighted by atomic mass is 10.0. The molecule has 31 heavy (non-hydrogen) atoms. The number of aromatic nitrogens is 5. The zero-order valence-electron chi connectivity index (χ0n) is 18.1. The van der Waals surface area contributed by atoms with Gasteiger partial charge in [0.2, 0.25) is 5.82 Å². The Morgan fingerprint density at radius 1 is 1.26 bits per heavy atom. The summed E-state index contributed by atoms with van der Waals surface area (Å²) in [5.74, 6) is 0.448. The van der Waals surface area contributed by atoms with Gasteiger partial charge in [-0.2, -0.15) is 4.80 Å². The molecule has 0 spiro atoms. The van der Waals surface area contributed by atoms with Crippen molar-refractivity contribution in [1.29, 1.82) is 0 Å². The first-order valence-corrected chi connectivity index (χ1v) is 10.3. The number of benzene rings is 1. The zero-order valence-corrected chi connectivity index (χ0v) is 18.1. The van der Waals surface area contributed by atoms with Gasteiger partial charge in [-0.1, -0.05) is 26.0 Å². The summed E-state index contributed by atoms with van der Waals surface area (Å²) >= 11 is 0. The molecule has 9 heteroatoms. The van der Waals surface area contributed by atoms with Crippen LogP contribution in [0, 0.1) is 6.92 Å². The second-order valence-electron chi connectivity index (χ2n) is 8.05. The van der Waals surface area contributed by atoms with Crippen LogP contribution < -0.4 is 5.56 Å². The lowest BCUT2D eigenvalue weighted by Crippen LogP contribution is -2.45. The highest BCUT2D eigenvalue weighted by Crippen LogP contribution is 2.21. The summed E-state index contributed by atoms with van der Waals surface area (Å²) in [4.78, 5) is 29.7. The van der Waals surface area contributed by atoms with Gasteiger partial charge < -0.3 is 9.64 Å². The van der Waals surface area contributed by atoms with Crippen LogP contribution in [0.15, 0.2) is 41.3 Å². The average Bonchev–Trinajstić information content (AvgIpc) is 3.20. The van der Waals surface area contributed by atoms with Crippen LogP contribution in [0.25, 0.3) is 5.69 Å². The van der Waals surface area contributed by atoms with E-state index in [2.05, 4.69) is 29.3 Å². The first-order chi connectivity index (χ1) is 14.8. The van der Waals surface area contributed by atoms with Crippen molar-refractivity contribution >= 4 is 5.91 Å². The molecular weight excluding hydrogens is 396 g/mol. The third kappa shape index (κ3) is 4.13. The van der Waals surface area contributed by atoms with Crippen LogP contribution in [0.3, 0.4) is 0 Å². The minimum atomic E-state index is -0.472. The number of rotatable bonds is 4. The van der Waals surface area contributed by atoms with Crippen molar-refractivity contribution in [3.8, 4) is 5.69 Å². The molecule has 1 aromatic carbocycles. The minimum Gasteiger partial charge on any atom is -0.366 e. The van der Waals surface area contributed by atoms with Gasteiger partial charge in [0.25, 0.3) is 11.5 Å². The summed E-state index contributed by atoms with van der Waals surface area (Å²) in [7, 11) is 1.67. The Balaban J connectivity index is 1.66. The summed E-state index contributed by atoms with van der Waals surface area (Å²) in [6, 6.07) is 9.63. The van der Waals surface area contributed by atoms with Crippen LogP contribution in [-0.2, 0) is 11.8 Å². The number of pyridine rings is 1. The topological polar surface area (TPSA) is 95.1 Å². The van der Waals surface area contributed by atoms with Crippen molar-refractivity contribution in [2.75, 3.05) is 19.7 Å². The number of hydrogen-bond donors (Lipinski definition) is 0. The summed E-state index contributed by atoms with van der Waals surface area (Å²) in [5.41, 5.74) is 2.36. The average molecular weight is 422 g/mol. The summed E-state index contributed by atoms with van der Waals surface area (Å²) in [6.45, 7) is 6.99. The van der Waals surface area contributed by atoms with Crippen LogP contribution in [0.2, 0.25) is 0 Å². The molecule has 1 unspecified atom stereocenters. The van der Waals surface area contributed by atoms with Crippen molar-refractivity contribution in [2.45, 2.75) is 32.8 Å². The molecule has 0 aliphatic carbocycles. The molecule has 0 bridgehead atoms. The van der Waals surface area contributed by atoms with E-state index in [0.29, 0.717) is 30.5 Å². The Morgan fingerprint density at radius 2 is 2.06 bits per heavy atom. The number of tetrazole rings is 1. The molecule has 1 aliphatic heterocycles. The highest BCUT2D eigenvalue weighted by molar-refractivity contribution is 5.95. The molecule has 0 N–H and O–H groups in total. The molecule has 1 atom stereocenters. The molecule has 9 nitrogen and oxygen atoms in total. The van der Waals surface area contributed by atoms with E-state index in [1.165, 1.54) is 9.36 Å². The van der Waals surface area contributed by atoms with Gasteiger partial charge in [0.05, 0.1) is 20.2 Å². The number of hydrogen-bond acceptors (Lipinski definition) is 6. The Morgan fingerprint density at radius 3 is 2.77 bits per heavy atom. The van der Waals surface area contributed by atoms with E-state index in [-0.39, 0.29) is 23.6 Å². The van der Waals surface area contributed by atoms with Gasteiger partial charge in [0, 0.05) is 18.4 Å². The molecule has 1 saturated heterocycles. The fraction of sp³-hybridized carbons (Fsp3) is 0.409. The second-order valence-corrected chi connectivity index (χ2v) is 8.05. The monoisotopic (exact) mass is 422 g/mol. The van der Waals surface area contributed by atoms with Crippen LogP contribution in [-0.4, -0.2) is 55.3 Å². The molecule has 3 aromatic rings. The van der Waals surface area contributed by atoms with Crippen LogP contribution in [0.5, 0.6) is 0 Å². The number of amides is 1. The van der Waals surface area contributed by atoms with E-state index in [1.54, 1.807) is 31.1 Å². The third-order valence-corrected chi connectivity index (χ3v) is 5.49. The molecular formula is C22H26N6O3.